The third kappa shape index (κ3) is 3.20. The first-order valence-electron chi connectivity index (χ1n) is 5.07. The van der Waals surface area contributed by atoms with Crippen LogP contribution >= 0.6 is 0 Å². The van der Waals surface area contributed by atoms with Gasteiger partial charge < -0.3 is 10.2 Å². The average Bonchev–Trinajstić information content (AvgIpc) is 2.24. The van der Waals surface area contributed by atoms with E-state index in [9.17, 15) is 0 Å². The highest BCUT2D eigenvalue weighted by Gasteiger charge is 2.19. The van der Waals surface area contributed by atoms with Crippen molar-refractivity contribution in [3.8, 4) is 5.88 Å². The number of aromatic nitrogens is 2. The molecule has 0 atom stereocenters. The minimum absolute atomic E-state index is 0.154. The SMILES string of the molecule is C=CCOc1cc(NN)nc(C(C)(C)C)n1. The highest BCUT2D eigenvalue weighted by molar-refractivity contribution is 5.38. The second-order valence-corrected chi connectivity index (χ2v) is 4.41. The van der Waals surface area contributed by atoms with E-state index in [1.807, 2.05) is 20.8 Å². The maximum Gasteiger partial charge on any atom is 0.219 e. The van der Waals surface area contributed by atoms with Gasteiger partial charge in [0.25, 0.3) is 0 Å². The van der Waals surface area contributed by atoms with Gasteiger partial charge in [-0.1, -0.05) is 33.4 Å². The molecule has 0 saturated heterocycles. The minimum Gasteiger partial charge on any atom is -0.473 e. The molecule has 1 rings (SSSR count). The van der Waals surface area contributed by atoms with E-state index < -0.39 is 0 Å². The van der Waals surface area contributed by atoms with E-state index in [-0.39, 0.29) is 5.41 Å². The van der Waals surface area contributed by atoms with Gasteiger partial charge >= 0.3 is 0 Å². The molecule has 0 aliphatic carbocycles. The highest BCUT2D eigenvalue weighted by Crippen LogP contribution is 2.22. The minimum atomic E-state index is -0.154. The lowest BCUT2D eigenvalue weighted by Gasteiger charge is -2.18. The number of nitrogens with zero attached hydrogens (tertiary/aromatic N) is 2. The molecule has 5 nitrogen and oxygen atoms in total. The van der Waals surface area contributed by atoms with E-state index in [1.165, 1.54) is 0 Å². The Morgan fingerprint density at radius 3 is 2.69 bits per heavy atom. The molecule has 0 saturated carbocycles. The van der Waals surface area contributed by atoms with Crippen LogP contribution in [0.25, 0.3) is 0 Å². The second-order valence-electron chi connectivity index (χ2n) is 4.41. The lowest BCUT2D eigenvalue weighted by molar-refractivity contribution is 0.343. The fourth-order valence-electron chi connectivity index (χ4n) is 1.05. The molecule has 0 aliphatic rings. The summed E-state index contributed by atoms with van der Waals surface area (Å²) < 4.78 is 5.37. The largest absolute Gasteiger partial charge is 0.473 e. The smallest absolute Gasteiger partial charge is 0.219 e. The molecule has 0 fully saturated rings. The monoisotopic (exact) mass is 222 g/mol. The van der Waals surface area contributed by atoms with Crippen LogP contribution in [0.15, 0.2) is 18.7 Å². The van der Waals surface area contributed by atoms with Crippen LogP contribution in [0, 0.1) is 0 Å². The Morgan fingerprint density at radius 2 is 2.19 bits per heavy atom. The van der Waals surface area contributed by atoms with E-state index in [2.05, 4.69) is 22.0 Å². The van der Waals surface area contributed by atoms with Gasteiger partial charge in [-0.15, -0.1) is 0 Å². The highest BCUT2D eigenvalue weighted by atomic mass is 16.5. The number of nitrogens with two attached hydrogens (primary N) is 1. The predicted molar refractivity (Wildman–Crippen MR) is 64.2 cm³/mol. The standard InChI is InChI=1S/C11H18N4O/c1-5-6-16-9-7-8(15-12)13-10(14-9)11(2,3)4/h5,7H,1,6,12H2,2-4H3,(H,13,14,15). The van der Waals surface area contributed by atoms with E-state index >= 15 is 0 Å². The molecule has 16 heavy (non-hydrogen) atoms. The first-order chi connectivity index (χ1) is 7.47. The fraction of sp³-hybridized carbons (Fsp3) is 0.455. The molecule has 1 aromatic heterocycles. The zero-order valence-electron chi connectivity index (χ0n) is 9.95. The summed E-state index contributed by atoms with van der Waals surface area (Å²) in [4.78, 5) is 8.59. The van der Waals surface area contributed by atoms with Crippen LogP contribution in [0.5, 0.6) is 5.88 Å². The van der Waals surface area contributed by atoms with Gasteiger partial charge in [0.1, 0.15) is 18.2 Å². The Kier molecular flexibility index (Phi) is 3.84. The Balaban J connectivity index is 3.05. The number of nitrogens with one attached hydrogen (secondary N) is 1. The molecule has 0 aromatic carbocycles. The first kappa shape index (κ1) is 12.4. The number of rotatable bonds is 4. The van der Waals surface area contributed by atoms with Gasteiger partial charge in [-0.2, -0.15) is 4.98 Å². The molecule has 1 aromatic rings. The maximum absolute atomic E-state index is 5.37. The molecule has 1 heterocycles. The summed E-state index contributed by atoms with van der Waals surface area (Å²) in [6.07, 6.45) is 1.66. The van der Waals surface area contributed by atoms with Crippen molar-refractivity contribution in [3.05, 3.63) is 24.5 Å². The fourth-order valence-corrected chi connectivity index (χ4v) is 1.05. The van der Waals surface area contributed by atoms with Crippen molar-refractivity contribution < 1.29 is 4.74 Å². The molecule has 0 radical (unpaired) electrons. The van der Waals surface area contributed by atoms with Gasteiger partial charge in [-0.25, -0.2) is 10.8 Å². The Labute approximate surface area is 95.7 Å². The normalized spacial score (nSPS) is 11.0. The van der Waals surface area contributed by atoms with E-state index in [4.69, 9.17) is 10.6 Å². The van der Waals surface area contributed by atoms with Crippen LogP contribution in [0.1, 0.15) is 26.6 Å². The van der Waals surface area contributed by atoms with Gasteiger partial charge in [0.05, 0.1) is 0 Å². The van der Waals surface area contributed by atoms with Gasteiger partial charge in [0.2, 0.25) is 5.88 Å². The van der Waals surface area contributed by atoms with Crippen LogP contribution in [0.3, 0.4) is 0 Å². The molecular weight excluding hydrogens is 204 g/mol. The van der Waals surface area contributed by atoms with Crippen molar-refractivity contribution in [3.63, 3.8) is 0 Å². The van der Waals surface area contributed by atoms with Crippen LogP contribution in [-0.2, 0) is 5.41 Å². The molecule has 0 aliphatic heterocycles. The average molecular weight is 222 g/mol. The van der Waals surface area contributed by atoms with Crippen LogP contribution < -0.4 is 16.0 Å². The predicted octanol–water partition coefficient (Wildman–Crippen LogP) is 1.62. The van der Waals surface area contributed by atoms with Gasteiger partial charge in [0.15, 0.2) is 0 Å². The van der Waals surface area contributed by atoms with Crippen LogP contribution in [-0.4, -0.2) is 16.6 Å². The Bertz CT molecular complexity index is 371. The summed E-state index contributed by atoms with van der Waals surface area (Å²) in [5.41, 5.74) is 2.35. The molecule has 88 valence electrons. The summed E-state index contributed by atoms with van der Waals surface area (Å²) in [5.74, 6) is 7.06. The van der Waals surface area contributed by atoms with Gasteiger partial charge in [-0.3, -0.25) is 0 Å². The van der Waals surface area contributed by atoms with Crippen LogP contribution in [0.4, 0.5) is 5.82 Å². The third-order valence-electron chi connectivity index (χ3n) is 1.87. The molecule has 0 spiro atoms. The quantitative estimate of drug-likeness (QED) is 0.460. The summed E-state index contributed by atoms with van der Waals surface area (Å²) in [5, 5.41) is 0. The summed E-state index contributed by atoms with van der Waals surface area (Å²) in [6, 6.07) is 1.65. The number of ether oxygens (including phenoxy) is 1. The van der Waals surface area contributed by atoms with Crippen molar-refractivity contribution in [1.82, 2.24) is 9.97 Å². The summed E-state index contributed by atoms with van der Waals surface area (Å²) >= 11 is 0. The Hall–Kier alpha value is -1.62. The molecule has 0 amide bonds. The lowest BCUT2D eigenvalue weighted by atomic mass is 9.96. The zero-order valence-corrected chi connectivity index (χ0v) is 9.95. The van der Waals surface area contributed by atoms with Gasteiger partial charge in [0, 0.05) is 11.5 Å². The molecular formula is C11H18N4O. The maximum atomic E-state index is 5.37. The molecule has 3 N–H and O–H groups in total. The molecule has 0 bridgehead atoms. The topological polar surface area (TPSA) is 73.1 Å². The Morgan fingerprint density at radius 1 is 1.50 bits per heavy atom. The number of hydrazine groups is 1. The lowest BCUT2D eigenvalue weighted by Crippen LogP contribution is -2.19. The van der Waals surface area contributed by atoms with E-state index in [0.717, 1.165) is 0 Å². The third-order valence-corrected chi connectivity index (χ3v) is 1.87. The number of hydrogen-bond acceptors (Lipinski definition) is 5. The zero-order chi connectivity index (χ0) is 12.2. The van der Waals surface area contributed by atoms with E-state index in [1.54, 1.807) is 12.1 Å². The summed E-state index contributed by atoms with van der Waals surface area (Å²) in [7, 11) is 0. The van der Waals surface area contributed by atoms with Crippen molar-refractivity contribution in [2.24, 2.45) is 5.84 Å². The number of anilines is 1. The van der Waals surface area contributed by atoms with Gasteiger partial charge in [-0.05, 0) is 0 Å². The second kappa shape index (κ2) is 4.94. The van der Waals surface area contributed by atoms with Crippen molar-refractivity contribution in [2.75, 3.05) is 12.0 Å². The number of nitrogen functional groups attached to an aromatic ring is 1. The van der Waals surface area contributed by atoms with Crippen molar-refractivity contribution in [2.45, 2.75) is 26.2 Å². The van der Waals surface area contributed by atoms with E-state index in [0.29, 0.717) is 24.1 Å². The van der Waals surface area contributed by atoms with Crippen molar-refractivity contribution >= 4 is 5.82 Å². The number of hydrogen-bond donors (Lipinski definition) is 2. The molecule has 0 unspecified atom stereocenters. The summed E-state index contributed by atoms with van der Waals surface area (Å²) in [6.45, 7) is 10.1. The first-order valence-corrected chi connectivity index (χ1v) is 5.07. The van der Waals surface area contributed by atoms with Crippen molar-refractivity contribution in [1.29, 1.82) is 0 Å². The molecule has 5 heteroatoms. The van der Waals surface area contributed by atoms with Crippen LogP contribution in [0.2, 0.25) is 0 Å².